The van der Waals surface area contributed by atoms with Gasteiger partial charge < -0.3 is 15.4 Å². The van der Waals surface area contributed by atoms with Crippen molar-refractivity contribution in [3.05, 3.63) is 26.6 Å². The van der Waals surface area contributed by atoms with E-state index in [1.807, 2.05) is 19.1 Å². The van der Waals surface area contributed by atoms with E-state index in [0.717, 1.165) is 46.3 Å². The molecule has 2 N–H and O–H groups in total. The lowest BCUT2D eigenvalue weighted by molar-refractivity contribution is -0.120. The van der Waals surface area contributed by atoms with E-state index >= 15 is 0 Å². The molecule has 0 aliphatic carbocycles. The van der Waals surface area contributed by atoms with E-state index in [9.17, 15) is 4.79 Å². The normalized spacial score (nSPS) is 15.9. The fraction of sp³-hybridized carbons (Fsp3) is 0.500. The number of aryl methyl sites for hydroxylation is 1. The maximum absolute atomic E-state index is 11.9. The van der Waals surface area contributed by atoms with Crippen molar-refractivity contribution in [1.82, 2.24) is 5.32 Å². The highest BCUT2D eigenvalue weighted by Crippen LogP contribution is 2.32. The molecule has 110 valence electrons. The highest BCUT2D eigenvalue weighted by molar-refractivity contribution is 9.11. The van der Waals surface area contributed by atoms with Crippen molar-refractivity contribution in [3.8, 4) is 0 Å². The molecule has 1 aliphatic heterocycles. The number of rotatable bonds is 4. The first-order valence-electron chi connectivity index (χ1n) is 6.63. The molecular formula is C14H18Br2N2O2. The molecule has 20 heavy (non-hydrogen) atoms. The fourth-order valence-corrected chi connectivity index (χ4v) is 3.85. The Morgan fingerprint density at radius 2 is 1.90 bits per heavy atom. The van der Waals surface area contributed by atoms with Gasteiger partial charge in [0.05, 0.1) is 12.2 Å². The Morgan fingerprint density at radius 3 is 2.50 bits per heavy atom. The van der Waals surface area contributed by atoms with Gasteiger partial charge in [0.1, 0.15) is 0 Å². The first-order chi connectivity index (χ1) is 9.56. The molecule has 1 heterocycles. The number of hydrogen-bond acceptors (Lipinski definition) is 3. The van der Waals surface area contributed by atoms with Crippen LogP contribution in [0.1, 0.15) is 18.4 Å². The van der Waals surface area contributed by atoms with Crippen molar-refractivity contribution < 1.29 is 9.53 Å². The summed E-state index contributed by atoms with van der Waals surface area (Å²) in [6.45, 7) is 3.75. The zero-order valence-electron chi connectivity index (χ0n) is 11.3. The molecule has 1 aromatic carbocycles. The van der Waals surface area contributed by atoms with Crippen LogP contribution in [0.2, 0.25) is 0 Å². The lowest BCUT2D eigenvalue weighted by atomic mass is 10.1. The number of nitrogens with one attached hydrogen (secondary N) is 2. The number of carbonyl (C=O) groups is 1. The smallest absolute Gasteiger partial charge is 0.239 e. The molecule has 1 fully saturated rings. The lowest BCUT2D eigenvalue weighted by Gasteiger charge is -2.23. The van der Waals surface area contributed by atoms with Crippen molar-refractivity contribution >= 4 is 43.5 Å². The standard InChI is InChI=1S/C14H18Br2N2O2/c1-9-6-11(15)14(12(16)7-9)17-8-13(19)18-10-2-4-20-5-3-10/h6-7,10,17H,2-5,8H2,1H3,(H,18,19). The van der Waals surface area contributed by atoms with Gasteiger partial charge in [-0.15, -0.1) is 0 Å². The van der Waals surface area contributed by atoms with Crippen LogP contribution < -0.4 is 10.6 Å². The Morgan fingerprint density at radius 1 is 1.30 bits per heavy atom. The van der Waals surface area contributed by atoms with Crippen molar-refractivity contribution in [2.75, 3.05) is 25.1 Å². The molecule has 0 atom stereocenters. The second-order valence-corrected chi connectivity index (χ2v) is 6.62. The summed E-state index contributed by atoms with van der Waals surface area (Å²) in [6, 6.07) is 4.27. The van der Waals surface area contributed by atoms with Gasteiger partial charge in [-0.1, -0.05) is 0 Å². The molecule has 0 radical (unpaired) electrons. The summed E-state index contributed by atoms with van der Waals surface area (Å²) in [4.78, 5) is 11.9. The highest BCUT2D eigenvalue weighted by atomic mass is 79.9. The summed E-state index contributed by atoms with van der Waals surface area (Å²) in [5.41, 5.74) is 2.05. The van der Waals surface area contributed by atoms with Crippen LogP contribution in [-0.2, 0) is 9.53 Å². The van der Waals surface area contributed by atoms with Gasteiger partial charge in [0.25, 0.3) is 0 Å². The number of benzene rings is 1. The minimum absolute atomic E-state index is 0.0104. The summed E-state index contributed by atoms with van der Waals surface area (Å²) in [5, 5.41) is 6.19. The molecule has 1 aliphatic rings. The fourth-order valence-electron chi connectivity index (χ4n) is 2.16. The summed E-state index contributed by atoms with van der Waals surface area (Å²) in [5.74, 6) is 0.0104. The molecule has 0 saturated carbocycles. The lowest BCUT2D eigenvalue weighted by Crippen LogP contribution is -2.41. The Hall–Kier alpha value is -0.590. The number of halogens is 2. The molecule has 0 aromatic heterocycles. The maximum atomic E-state index is 11.9. The van der Waals surface area contributed by atoms with Crippen molar-refractivity contribution in [2.45, 2.75) is 25.8 Å². The quantitative estimate of drug-likeness (QED) is 0.808. The van der Waals surface area contributed by atoms with Gasteiger partial charge in [-0.25, -0.2) is 0 Å². The van der Waals surface area contributed by atoms with Gasteiger partial charge in [0.2, 0.25) is 5.91 Å². The van der Waals surface area contributed by atoms with Crippen molar-refractivity contribution in [3.63, 3.8) is 0 Å². The van der Waals surface area contributed by atoms with E-state index in [1.54, 1.807) is 0 Å². The molecule has 0 spiro atoms. The molecule has 2 rings (SSSR count). The van der Waals surface area contributed by atoms with Gasteiger partial charge >= 0.3 is 0 Å². The number of carbonyl (C=O) groups excluding carboxylic acids is 1. The van der Waals surface area contributed by atoms with Crippen LogP contribution >= 0.6 is 31.9 Å². The van der Waals surface area contributed by atoms with Crippen LogP contribution in [0, 0.1) is 6.92 Å². The number of hydrogen-bond donors (Lipinski definition) is 2. The molecule has 1 amide bonds. The third-order valence-corrected chi connectivity index (χ3v) is 4.45. The molecule has 1 saturated heterocycles. The summed E-state index contributed by atoms with van der Waals surface area (Å²) in [7, 11) is 0. The van der Waals surface area contributed by atoms with E-state index in [0.29, 0.717) is 0 Å². The third-order valence-electron chi connectivity index (χ3n) is 3.20. The number of anilines is 1. The van der Waals surface area contributed by atoms with E-state index < -0.39 is 0 Å². The number of amides is 1. The largest absolute Gasteiger partial charge is 0.381 e. The van der Waals surface area contributed by atoms with Crippen LogP contribution in [0.15, 0.2) is 21.1 Å². The summed E-state index contributed by atoms with van der Waals surface area (Å²) >= 11 is 7.01. The third kappa shape index (κ3) is 4.46. The van der Waals surface area contributed by atoms with E-state index in [2.05, 4.69) is 42.5 Å². The van der Waals surface area contributed by atoms with E-state index in [1.165, 1.54) is 0 Å². The first-order valence-corrected chi connectivity index (χ1v) is 8.21. The Balaban J connectivity index is 1.87. The maximum Gasteiger partial charge on any atom is 0.239 e. The molecule has 0 unspecified atom stereocenters. The predicted molar refractivity (Wildman–Crippen MR) is 87.1 cm³/mol. The second-order valence-electron chi connectivity index (χ2n) is 4.91. The van der Waals surface area contributed by atoms with Crippen molar-refractivity contribution in [2.24, 2.45) is 0 Å². The Labute approximate surface area is 135 Å². The number of ether oxygens (including phenoxy) is 1. The van der Waals surface area contributed by atoms with Crippen LogP contribution in [0.5, 0.6) is 0 Å². The second kappa shape index (κ2) is 7.43. The molecular weight excluding hydrogens is 388 g/mol. The zero-order chi connectivity index (χ0) is 14.5. The van der Waals surface area contributed by atoms with Crippen LogP contribution in [-0.4, -0.2) is 31.7 Å². The summed E-state index contributed by atoms with van der Waals surface area (Å²) < 4.78 is 7.17. The van der Waals surface area contributed by atoms with Gasteiger partial charge in [0.15, 0.2) is 0 Å². The molecule has 6 heteroatoms. The van der Waals surface area contributed by atoms with Gasteiger partial charge in [-0.2, -0.15) is 0 Å². The van der Waals surface area contributed by atoms with Crippen LogP contribution in [0.25, 0.3) is 0 Å². The highest BCUT2D eigenvalue weighted by Gasteiger charge is 2.16. The zero-order valence-corrected chi connectivity index (χ0v) is 14.5. The Kier molecular flexibility index (Phi) is 5.86. The minimum Gasteiger partial charge on any atom is -0.381 e. The average Bonchev–Trinajstić information content (AvgIpc) is 2.38. The van der Waals surface area contributed by atoms with Gasteiger partial charge in [0, 0.05) is 28.2 Å². The van der Waals surface area contributed by atoms with E-state index in [-0.39, 0.29) is 18.5 Å². The van der Waals surface area contributed by atoms with Gasteiger partial charge in [-0.3, -0.25) is 4.79 Å². The minimum atomic E-state index is 0.0104. The van der Waals surface area contributed by atoms with Gasteiger partial charge in [-0.05, 0) is 69.3 Å². The first kappa shape index (κ1) is 15.8. The predicted octanol–water partition coefficient (Wildman–Crippen LogP) is 3.23. The molecule has 0 bridgehead atoms. The van der Waals surface area contributed by atoms with E-state index in [4.69, 9.17) is 4.74 Å². The van der Waals surface area contributed by atoms with Crippen LogP contribution in [0.4, 0.5) is 5.69 Å². The monoisotopic (exact) mass is 404 g/mol. The summed E-state index contributed by atoms with van der Waals surface area (Å²) in [6.07, 6.45) is 1.79. The molecule has 1 aromatic rings. The topological polar surface area (TPSA) is 50.4 Å². The SMILES string of the molecule is Cc1cc(Br)c(NCC(=O)NC2CCOCC2)c(Br)c1. The molecule has 4 nitrogen and oxygen atoms in total. The average molecular weight is 406 g/mol. The van der Waals surface area contributed by atoms with Crippen molar-refractivity contribution in [1.29, 1.82) is 0 Å². The Bertz CT molecular complexity index is 465. The van der Waals surface area contributed by atoms with Crippen LogP contribution in [0.3, 0.4) is 0 Å².